The van der Waals surface area contributed by atoms with E-state index in [4.69, 9.17) is 4.74 Å². The van der Waals surface area contributed by atoms with E-state index in [9.17, 15) is 17.6 Å². The quantitative estimate of drug-likeness (QED) is 0.846. The molecule has 0 aliphatic heterocycles. The van der Waals surface area contributed by atoms with Crippen molar-refractivity contribution in [1.29, 1.82) is 0 Å². The minimum atomic E-state index is -3.80. The molecule has 8 heteroatoms. The van der Waals surface area contributed by atoms with Gasteiger partial charge in [0.15, 0.2) is 0 Å². The fraction of sp³-hybridized carbons (Fsp3) is 0.133. The Balaban J connectivity index is 2.08. The highest BCUT2D eigenvalue weighted by molar-refractivity contribution is 7.92. The number of carbonyl (C=O) groups excluding carboxylic acids is 1. The van der Waals surface area contributed by atoms with Crippen LogP contribution >= 0.6 is 0 Å². The van der Waals surface area contributed by atoms with Crippen molar-refractivity contribution < 1.29 is 22.3 Å². The number of anilines is 2. The van der Waals surface area contributed by atoms with E-state index in [0.29, 0.717) is 11.4 Å². The van der Waals surface area contributed by atoms with E-state index >= 15 is 0 Å². The third-order valence-corrected chi connectivity index (χ3v) is 4.22. The van der Waals surface area contributed by atoms with Crippen LogP contribution in [0.4, 0.5) is 15.8 Å². The fourth-order valence-electron chi connectivity index (χ4n) is 1.78. The molecule has 0 radical (unpaired) electrons. The zero-order valence-corrected chi connectivity index (χ0v) is 13.1. The highest BCUT2D eigenvalue weighted by Crippen LogP contribution is 2.18. The maximum Gasteiger partial charge on any atom is 0.261 e. The molecule has 0 spiro atoms. The molecular weight excluding hydrogens is 323 g/mol. The maximum atomic E-state index is 12.8. The third kappa shape index (κ3) is 4.76. The normalized spacial score (nSPS) is 11.0. The summed E-state index contributed by atoms with van der Waals surface area (Å²) in [4.78, 5) is 11.3. The van der Waals surface area contributed by atoms with Gasteiger partial charge < -0.3 is 10.1 Å². The van der Waals surface area contributed by atoms with Crippen LogP contribution in [0.2, 0.25) is 0 Å². The predicted molar refractivity (Wildman–Crippen MR) is 84.2 cm³/mol. The number of halogens is 1. The number of nitrogens with one attached hydrogen (secondary N) is 2. The lowest BCUT2D eigenvalue weighted by molar-refractivity contribution is -0.119. The van der Waals surface area contributed by atoms with Gasteiger partial charge in [-0.2, -0.15) is 0 Å². The van der Waals surface area contributed by atoms with Gasteiger partial charge in [-0.3, -0.25) is 9.52 Å². The van der Waals surface area contributed by atoms with E-state index in [-0.39, 0.29) is 17.4 Å². The molecule has 122 valence electrons. The Morgan fingerprint density at radius 2 is 1.61 bits per heavy atom. The van der Waals surface area contributed by atoms with Gasteiger partial charge in [0.25, 0.3) is 10.0 Å². The van der Waals surface area contributed by atoms with Crippen LogP contribution in [0.1, 0.15) is 0 Å². The van der Waals surface area contributed by atoms with Gasteiger partial charge in [-0.25, -0.2) is 12.8 Å². The minimum Gasteiger partial charge on any atom is -0.375 e. The average molecular weight is 338 g/mol. The summed E-state index contributed by atoms with van der Waals surface area (Å²) in [6, 6.07) is 10.6. The maximum absolute atomic E-state index is 12.8. The molecule has 0 saturated heterocycles. The van der Waals surface area contributed by atoms with Crippen LogP contribution in [0.5, 0.6) is 0 Å². The van der Waals surface area contributed by atoms with Crippen LogP contribution in [0, 0.1) is 5.82 Å². The van der Waals surface area contributed by atoms with Crippen molar-refractivity contribution in [3.8, 4) is 0 Å². The van der Waals surface area contributed by atoms with E-state index < -0.39 is 15.8 Å². The van der Waals surface area contributed by atoms with Crippen LogP contribution in [0.3, 0.4) is 0 Å². The minimum absolute atomic E-state index is 0.0450. The Morgan fingerprint density at radius 1 is 1.04 bits per heavy atom. The summed E-state index contributed by atoms with van der Waals surface area (Å²) in [5.74, 6) is -0.827. The predicted octanol–water partition coefficient (Wildman–Crippen LogP) is 2.21. The summed E-state index contributed by atoms with van der Waals surface area (Å²) >= 11 is 0. The Labute approximate surface area is 133 Å². The van der Waals surface area contributed by atoms with Crippen LogP contribution < -0.4 is 10.0 Å². The number of hydrogen-bond donors (Lipinski definition) is 2. The van der Waals surface area contributed by atoms with Crippen LogP contribution in [-0.2, 0) is 19.6 Å². The first-order valence-electron chi connectivity index (χ1n) is 6.58. The molecule has 0 atom stereocenters. The van der Waals surface area contributed by atoms with Crippen LogP contribution in [0.15, 0.2) is 53.4 Å². The number of amides is 1. The molecule has 0 unspecified atom stereocenters. The Bertz CT molecular complexity index is 774. The number of benzene rings is 2. The lowest BCUT2D eigenvalue weighted by atomic mass is 10.3. The van der Waals surface area contributed by atoms with Gasteiger partial charge in [-0.05, 0) is 48.5 Å². The largest absolute Gasteiger partial charge is 0.375 e. The van der Waals surface area contributed by atoms with Gasteiger partial charge in [-0.15, -0.1) is 0 Å². The third-order valence-electron chi connectivity index (χ3n) is 2.82. The van der Waals surface area contributed by atoms with Crippen molar-refractivity contribution in [2.24, 2.45) is 0 Å². The van der Waals surface area contributed by atoms with Crippen LogP contribution in [0.25, 0.3) is 0 Å². The smallest absolute Gasteiger partial charge is 0.261 e. The SMILES string of the molecule is COCC(=O)Nc1ccc(NS(=O)(=O)c2ccc(F)cc2)cc1. The van der Waals surface area contributed by atoms with Gasteiger partial charge >= 0.3 is 0 Å². The van der Waals surface area contributed by atoms with Gasteiger partial charge in [0.2, 0.25) is 5.91 Å². The van der Waals surface area contributed by atoms with Gasteiger partial charge in [0, 0.05) is 18.5 Å². The van der Waals surface area contributed by atoms with Crippen LogP contribution in [-0.4, -0.2) is 28.0 Å². The summed E-state index contributed by atoms with van der Waals surface area (Å²) in [6.07, 6.45) is 0. The summed E-state index contributed by atoms with van der Waals surface area (Å²) in [5, 5.41) is 2.59. The van der Waals surface area contributed by atoms with E-state index in [0.717, 1.165) is 12.1 Å². The van der Waals surface area contributed by atoms with Gasteiger partial charge in [0.05, 0.1) is 4.90 Å². The molecule has 0 heterocycles. The Hall–Kier alpha value is -2.45. The molecule has 0 aromatic heterocycles. The molecular formula is C15H15FN2O4S. The van der Waals surface area contributed by atoms with E-state index in [1.807, 2.05) is 0 Å². The molecule has 0 saturated carbocycles. The zero-order valence-electron chi connectivity index (χ0n) is 12.2. The second-order valence-corrected chi connectivity index (χ2v) is 6.30. The standard InChI is InChI=1S/C15H15FN2O4S/c1-22-10-15(19)17-12-4-6-13(7-5-12)18-23(20,21)14-8-2-11(16)3-9-14/h2-9,18H,10H2,1H3,(H,17,19). The van der Waals surface area contributed by atoms with Crippen molar-refractivity contribution >= 4 is 27.3 Å². The zero-order chi connectivity index (χ0) is 16.9. The molecule has 2 aromatic carbocycles. The lowest BCUT2D eigenvalue weighted by Crippen LogP contribution is -2.17. The number of methoxy groups -OCH3 is 1. The number of carbonyl (C=O) groups is 1. The summed E-state index contributed by atoms with van der Waals surface area (Å²) in [7, 11) is -2.39. The van der Waals surface area contributed by atoms with Crippen molar-refractivity contribution in [2.75, 3.05) is 23.8 Å². The molecule has 2 rings (SSSR count). The van der Waals surface area contributed by atoms with Crippen molar-refractivity contribution in [1.82, 2.24) is 0 Å². The molecule has 23 heavy (non-hydrogen) atoms. The van der Waals surface area contributed by atoms with Crippen molar-refractivity contribution in [3.05, 3.63) is 54.3 Å². The van der Waals surface area contributed by atoms with Gasteiger partial charge in [-0.1, -0.05) is 0 Å². The average Bonchev–Trinajstić information content (AvgIpc) is 2.50. The molecule has 0 fully saturated rings. The summed E-state index contributed by atoms with van der Waals surface area (Å²) in [5.41, 5.74) is 0.829. The summed E-state index contributed by atoms with van der Waals surface area (Å²) in [6.45, 7) is -0.0705. The first-order valence-corrected chi connectivity index (χ1v) is 8.06. The van der Waals surface area contributed by atoms with E-state index in [1.165, 1.54) is 31.4 Å². The molecule has 1 amide bonds. The van der Waals surface area contributed by atoms with Crippen molar-refractivity contribution in [2.45, 2.75) is 4.90 Å². The number of hydrogen-bond acceptors (Lipinski definition) is 4. The summed E-state index contributed by atoms with van der Waals surface area (Å²) < 4.78 is 44.2. The second kappa shape index (κ2) is 7.21. The van der Waals surface area contributed by atoms with Gasteiger partial charge in [0.1, 0.15) is 12.4 Å². The number of rotatable bonds is 6. The van der Waals surface area contributed by atoms with E-state index in [2.05, 4.69) is 10.0 Å². The fourth-order valence-corrected chi connectivity index (χ4v) is 2.84. The highest BCUT2D eigenvalue weighted by Gasteiger charge is 2.14. The second-order valence-electron chi connectivity index (χ2n) is 4.62. The highest BCUT2D eigenvalue weighted by atomic mass is 32.2. The molecule has 0 aliphatic rings. The first kappa shape index (κ1) is 16.9. The topological polar surface area (TPSA) is 84.5 Å². The monoisotopic (exact) mass is 338 g/mol. The number of ether oxygens (including phenoxy) is 1. The first-order chi connectivity index (χ1) is 10.9. The lowest BCUT2D eigenvalue weighted by Gasteiger charge is -2.09. The molecule has 0 aliphatic carbocycles. The van der Waals surface area contributed by atoms with Crippen molar-refractivity contribution in [3.63, 3.8) is 0 Å². The molecule has 6 nitrogen and oxygen atoms in total. The molecule has 2 N–H and O–H groups in total. The Morgan fingerprint density at radius 3 is 2.17 bits per heavy atom. The molecule has 0 bridgehead atoms. The number of sulfonamides is 1. The molecule has 2 aromatic rings. The Kier molecular flexibility index (Phi) is 5.30. The van der Waals surface area contributed by atoms with E-state index in [1.54, 1.807) is 12.1 Å².